The molecule has 0 saturated heterocycles. The summed E-state index contributed by atoms with van der Waals surface area (Å²) in [6.07, 6.45) is 0.654. The van der Waals surface area contributed by atoms with Crippen LogP contribution in [-0.4, -0.2) is 16.7 Å². The number of aryl methyl sites for hydroxylation is 1. The highest BCUT2D eigenvalue weighted by atomic mass is 35.5. The lowest BCUT2D eigenvalue weighted by Crippen LogP contribution is -2.05. The Morgan fingerprint density at radius 2 is 2.29 bits per heavy atom. The summed E-state index contributed by atoms with van der Waals surface area (Å²) in [5, 5.41) is 7.50. The zero-order chi connectivity index (χ0) is 12.3. The molecule has 0 amide bonds. The predicted molar refractivity (Wildman–Crippen MR) is 67.1 cm³/mol. The fourth-order valence-corrected chi connectivity index (χ4v) is 1.68. The van der Waals surface area contributed by atoms with E-state index in [-0.39, 0.29) is 0 Å². The summed E-state index contributed by atoms with van der Waals surface area (Å²) in [6.45, 7) is 2.46. The molecule has 6 heteroatoms. The van der Waals surface area contributed by atoms with E-state index in [9.17, 15) is 0 Å². The van der Waals surface area contributed by atoms with Gasteiger partial charge in [-0.15, -0.1) is 0 Å². The molecule has 0 atom stereocenters. The first-order chi connectivity index (χ1) is 8.15. The molecule has 1 aromatic carbocycles. The second-order valence-electron chi connectivity index (χ2n) is 3.65. The first-order valence-electron chi connectivity index (χ1n) is 5.23. The first-order valence-corrected chi connectivity index (χ1v) is 5.61. The first kappa shape index (κ1) is 11.7. The Labute approximate surface area is 104 Å². The van der Waals surface area contributed by atoms with Crippen molar-refractivity contribution in [3.05, 3.63) is 34.9 Å². The Bertz CT molecular complexity index is 512. The van der Waals surface area contributed by atoms with Gasteiger partial charge in [0.05, 0.1) is 10.7 Å². The number of aromatic nitrogens is 2. The van der Waals surface area contributed by atoms with Gasteiger partial charge in [0.15, 0.2) is 5.82 Å². The van der Waals surface area contributed by atoms with Gasteiger partial charge in [-0.1, -0.05) is 16.8 Å². The van der Waals surface area contributed by atoms with Crippen molar-refractivity contribution in [2.45, 2.75) is 13.3 Å². The molecule has 0 aliphatic carbocycles. The molecule has 2 aromatic rings. The quantitative estimate of drug-likeness (QED) is 0.817. The SMILES string of the molecule is Cc1noc(CCNc2ccc(N)cc2Cl)n1. The number of nitrogens with zero attached hydrogens (tertiary/aromatic N) is 2. The number of rotatable bonds is 4. The summed E-state index contributed by atoms with van der Waals surface area (Å²) in [5.74, 6) is 1.26. The molecule has 0 bridgehead atoms. The molecule has 0 radical (unpaired) electrons. The minimum absolute atomic E-state index is 0.603. The van der Waals surface area contributed by atoms with E-state index in [0.29, 0.717) is 35.4 Å². The van der Waals surface area contributed by atoms with Crippen LogP contribution in [0.25, 0.3) is 0 Å². The number of nitrogen functional groups attached to an aromatic ring is 1. The van der Waals surface area contributed by atoms with Crippen LogP contribution in [0.5, 0.6) is 0 Å². The normalized spacial score (nSPS) is 10.5. The van der Waals surface area contributed by atoms with Crippen LogP contribution in [0.4, 0.5) is 11.4 Å². The van der Waals surface area contributed by atoms with Crippen LogP contribution in [-0.2, 0) is 6.42 Å². The van der Waals surface area contributed by atoms with E-state index in [4.69, 9.17) is 21.9 Å². The summed E-state index contributed by atoms with van der Waals surface area (Å²) >= 11 is 6.02. The minimum Gasteiger partial charge on any atom is -0.399 e. The number of hydrogen-bond acceptors (Lipinski definition) is 5. The highest BCUT2D eigenvalue weighted by Gasteiger charge is 2.03. The highest BCUT2D eigenvalue weighted by molar-refractivity contribution is 6.33. The average molecular weight is 253 g/mol. The van der Waals surface area contributed by atoms with Crippen molar-refractivity contribution in [3.8, 4) is 0 Å². The van der Waals surface area contributed by atoms with Crippen LogP contribution in [0.3, 0.4) is 0 Å². The fourth-order valence-electron chi connectivity index (χ4n) is 1.42. The van der Waals surface area contributed by atoms with Crippen LogP contribution < -0.4 is 11.1 Å². The summed E-state index contributed by atoms with van der Waals surface area (Å²) in [4.78, 5) is 4.11. The van der Waals surface area contributed by atoms with E-state index in [0.717, 1.165) is 5.69 Å². The lowest BCUT2D eigenvalue weighted by Gasteiger charge is -2.07. The Hall–Kier alpha value is -1.75. The van der Waals surface area contributed by atoms with E-state index < -0.39 is 0 Å². The summed E-state index contributed by atoms with van der Waals surface area (Å²) < 4.78 is 5.00. The number of nitrogens with one attached hydrogen (secondary N) is 1. The highest BCUT2D eigenvalue weighted by Crippen LogP contribution is 2.23. The zero-order valence-electron chi connectivity index (χ0n) is 9.40. The van der Waals surface area contributed by atoms with Gasteiger partial charge in [-0.2, -0.15) is 4.98 Å². The topological polar surface area (TPSA) is 77.0 Å². The number of benzene rings is 1. The standard InChI is InChI=1S/C11H13ClN4O/c1-7-15-11(17-16-7)4-5-14-10-3-2-8(13)6-9(10)12/h2-3,6,14H,4-5,13H2,1H3. The molecule has 0 aliphatic heterocycles. The molecule has 2 rings (SSSR count). The molecule has 0 unspecified atom stereocenters. The molecular formula is C11H13ClN4O. The van der Waals surface area contributed by atoms with Crippen LogP contribution in [0.1, 0.15) is 11.7 Å². The van der Waals surface area contributed by atoms with Gasteiger partial charge >= 0.3 is 0 Å². The van der Waals surface area contributed by atoms with Gasteiger partial charge in [-0.25, -0.2) is 0 Å². The second kappa shape index (κ2) is 5.05. The molecule has 3 N–H and O–H groups in total. The van der Waals surface area contributed by atoms with Crippen molar-refractivity contribution in [1.29, 1.82) is 0 Å². The molecule has 0 saturated carbocycles. The smallest absolute Gasteiger partial charge is 0.228 e. The van der Waals surface area contributed by atoms with Crippen LogP contribution >= 0.6 is 11.6 Å². The van der Waals surface area contributed by atoms with Crippen molar-refractivity contribution in [3.63, 3.8) is 0 Å². The number of anilines is 2. The maximum atomic E-state index is 6.02. The maximum absolute atomic E-state index is 6.02. The molecule has 0 fully saturated rings. The zero-order valence-corrected chi connectivity index (χ0v) is 10.2. The van der Waals surface area contributed by atoms with E-state index in [1.165, 1.54) is 0 Å². The number of halogens is 1. The molecule has 90 valence electrons. The minimum atomic E-state index is 0.603. The van der Waals surface area contributed by atoms with E-state index in [1.54, 1.807) is 19.1 Å². The third-order valence-electron chi connectivity index (χ3n) is 2.22. The predicted octanol–water partition coefficient (Wildman–Crippen LogP) is 2.27. The monoisotopic (exact) mass is 252 g/mol. The Balaban J connectivity index is 1.90. The van der Waals surface area contributed by atoms with Gasteiger partial charge in [0, 0.05) is 18.7 Å². The Morgan fingerprint density at radius 3 is 2.94 bits per heavy atom. The molecule has 1 aromatic heterocycles. The van der Waals surface area contributed by atoms with Gasteiger partial charge in [0.2, 0.25) is 5.89 Å². The van der Waals surface area contributed by atoms with E-state index >= 15 is 0 Å². The summed E-state index contributed by atoms with van der Waals surface area (Å²) in [6, 6.07) is 5.35. The van der Waals surface area contributed by atoms with Crippen LogP contribution in [0, 0.1) is 6.92 Å². The van der Waals surface area contributed by atoms with Crippen molar-refractivity contribution in [2.75, 3.05) is 17.6 Å². The molecule has 17 heavy (non-hydrogen) atoms. The number of hydrogen-bond donors (Lipinski definition) is 2. The van der Waals surface area contributed by atoms with Gasteiger partial charge in [0.25, 0.3) is 0 Å². The maximum Gasteiger partial charge on any atom is 0.228 e. The molecule has 5 nitrogen and oxygen atoms in total. The Morgan fingerprint density at radius 1 is 1.47 bits per heavy atom. The third kappa shape index (κ3) is 3.10. The van der Waals surface area contributed by atoms with Crippen LogP contribution in [0.15, 0.2) is 22.7 Å². The van der Waals surface area contributed by atoms with Crippen molar-refractivity contribution in [2.24, 2.45) is 0 Å². The van der Waals surface area contributed by atoms with Crippen molar-refractivity contribution in [1.82, 2.24) is 10.1 Å². The lowest BCUT2D eigenvalue weighted by molar-refractivity contribution is 0.377. The van der Waals surface area contributed by atoms with Gasteiger partial charge < -0.3 is 15.6 Å². The van der Waals surface area contributed by atoms with E-state index in [1.807, 2.05) is 6.07 Å². The van der Waals surface area contributed by atoms with Crippen molar-refractivity contribution < 1.29 is 4.52 Å². The van der Waals surface area contributed by atoms with Crippen molar-refractivity contribution >= 4 is 23.0 Å². The second-order valence-corrected chi connectivity index (χ2v) is 4.06. The fraction of sp³-hybridized carbons (Fsp3) is 0.273. The third-order valence-corrected chi connectivity index (χ3v) is 2.53. The summed E-state index contributed by atoms with van der Waals surface area (Å²) in [7, 11) is 0. The Kier molecular flexibility index (Phi) is 3.49. The van der Waals surface area contributed by atoms with Crippen LogP contribution in [0.2, 0.25) is 5.02 Å². The van der Waals surface area contributed by atoms with E-state index in [2.05, 4.69) is 15.5 Å². The molecule has 1 heterocycles. The van der Waals surface area contributed by atoms with Gasteiger partial charge in [-0.3, -0.25) is 0 Å². The summed E-state index contributed by atoms with van der Waals surface area (Å²) in [5.41, 5.74) is 7.10. The van der Waals surface area contributed by atoms with Gasteiger partial charge in [0.1, 0.15) is 0 Å². The largest absolute Gasteiger partial charge is 0.399 e. The number of nitrogens with two attached hydrogens (primary N) is 1. The molecule has 0 aliphatic rings. The average Bonchev–Trinajstić information content (AvgIpc) is 2.68. The molecular weight excluding hydrogens is 240 g/mol. The lowest BCUT2D eigenvalue weighted by atomic mass is 10.3. The molecule has 0 spiro atoms. The van der Waals surface area contributed by atoms with Gasteiger partial charge in [-0.05, 0) is 25.1 Å².